The van der Waals surface area contributed by atoms with E-state index in [1.54, 1.807) is 0 Å². The molecule has 0 aliphatic heterocycles. The summed E-state index contributed by atoms with van der Waals surface area (Å²) in [7, 11) is 0. The number of para-hydroxylation sites is 3. The number of aromatic nitrogens is 6. The smallest absolute Gasteiger partial charge is 0.156 e. The largest absolute Gasteiger partial charge is 0.341 e. The molecule has 0 saturated heterocycles. The minimum Gasteiger partial charge on any atom is -0.341 e. The predicted molar refractivity (Wildman–Crippen MR) is 242 cm³/mol. The van der Waals surface area contributed by atoms with E-state index in [0.717, 1.165) is 36.3 Å². The molecule has 6 aromatic carbocycles. The molecule has 0 fully saturated rings. The van der Waals surface area contributed by atoms with E-state index in [-0.39, 0.29) is 0 Å². The Balaban J connectivity index is 1.03. The van der Waals surface area contributed by atoms with E-state index < -0.39 is 0 Å². The molecule has 0 radical (unpaired) electrons. The molecule has 0 spiro atoms. The summed E-state index contributed by atoms with van der Waals surface area (Å²) in [5, 5.41) is 7.53. The van der Waals surface area contributed by atoms with E-state index in [0.29, 0.717) is 17.5 Å². The van der Waals surface area contributed by atoms with Crippen LogP contribution in [0.5, 0.6) is 0 Å². The van der Waals surface area contributed by atoms with Crippen LogP contribution >= 0.6 is 0 Å². The summed E-state index contributed by atoms with van der Waals surface area (Å²) in [6, 6.07) is 45.9. The molecule has 4 heterocycles. The van der Waals surface area contributed by atoms with Gasteiger partial charge in [0, 0.05) is 85.1 Å². The first kappa shape index (κ1) is 34.4. The van der Waals surface area contributed by atoms with Gasteiger partial charge in [0.15, 0.2) is 17.5 Å². The molecule has 0 aliphatic rings. The molecule has 0 bridgehead atoms. The molecule has 0 aliphatic carbocycles. The van der Waals surface area contributed by atoms with Gasteiger partial charge in [0.2, 0.25) is 0 Å². The number of hydrogen-bond donors (Lipinski definition) is 0. The summed E-state index contributed by atoms with van der Waals surface area (Å²) in [6.07, 6.45) is 12.3. The van der Waals surface area contributed by atoms with Crippen LogP contribution in [0.4, 0.5) is 0 Å². The number of aryl methyl sites for hydroxylation is 3. The first-order valence-electron chi connectivity index (χ1n) is 19.9. The standard InChI is InChI=1S/C51H42N6/c1-4-55-43-16-10-7-13-37(43)40-31-34(19-25-46(40)55)22-28-49-52-50(29-23-35-20-26-47-41(32-35)38-14-8-11-17-44(38)56(47)5-2)54-51(53-49)30-24-36-21-27-48-42(33-36)39-15-9-12-18-45(39)57(48)6-3/h7-33H,4-6H2,1-3H3. The Labute approximate surface area is 331 Å². The highest BCUT2D eigenvalue weighted by Gasteiger charge is 2.12. The second kappa shape index (κ2) is 14.2. The van der Waals surface area contributed by atoms with Gasteiger partial charge >= 0.3 is 0 Å². The molecule has 0 amide bonds. The van der Waals surface area contributed by atoms with Crippen molar-refractivity contribution in [3.8, 4) is 0 Å². The van der Waals surface area contributed by atoms with Crippen molar-refractivity contribution in [1.82, 2.24) is 28.7 Å². The molecule has 10 rings (SSSR count). The minimum atomic E-state index is 0.600. The van der Waals surface area contributed by atoms with Crippen molar-refractivity contribution in [2.45, 2.75) is 40.4 Å². The third-order valence-electron chi connectivity index (χ3n) is 11.3. The van der Waals surface area contributed by atoms with Gasteiger partial charge in [0.1, 0.15) is 0 Å². The average molecular weight is 739 g/mol. The number of fused-ring (bicyclic) bond motifs is 9. The minimum absolute atomic E-state index is 0.600. The molecule has 57 heavy (non-hydrogen) atoms. The summed E-state index contributed by atoms with van der Waals surface area (Å²) in [5.74, 6) is 1.80. The van der Waals surface area contributed by atoms with Gasteiger partial charge < -0.3 is 13.7 Å². The fourth-order valence-corrected chi connectivity index (χ4v) is 8.71. The Morgan fingerprint density at radius 3 is 0.912 bits per heavy atom. The Kier molecular flexibility index (Phi) is 8.59. The third kappa shape index (κ3) is 6.01. The van der Waals surface area contributed by atoms with Crippen LogP contribution in [0.1, 0.15) is 54.9 Å². The van der Waals surface area contributed by atoms with Gasteiger partial charge in [-0.3, -0.25) is 0 Å². The van der Waals surface area contributed by atoms with Crippen LogP contribution in [0.25, 0.3) is 102 Å². The average Bonchev–Trinajstić information content (AvgIpc) is 3.88. The maximum atomic E-state index is 4.92. The Hall–Kier alpha value is -7.05. The molecule has 10 aromatic rings. The summed E-state index contributed by atoms with van der Waals surface area (Å²) < 4.78 is 7.13. The van der Waals surface area contributed by atoms with Gasteiger partial charge in [-0.1, -0.05) is 91.0 Å². The summed E-state index contributed by atoms with van der Waals surface area (Å²) >= 11 is 0. The number of hydrogen-bond acceptors (Lipinski definition) is 3. The molecule has 6 nitrogen and oxygen atoms in total. The van der Waals surface area contributed by atoms with Gasteiger partial charge in [-0.05, 0) is 110 Å². The van der Waals surface area contributed by atoms with Crippen LogP contribution in [0.15, 0.2) is 127 Å². The zero-order chi connectivity index (χ0) is 38.5. The van der Waals surface area contributed by atoms with Crippen LogP contribution in [0, 0.1) is 0 Å². The van der Waals surface area contributed by atoms with Crippen molar-refractivity contribution in [2.75, 3.05) is 0 Å². The highest BCUT2D eigenvalue weighted by atomic mass is 15.0. The molecular weight excluding hydrogens is 697 g/mol. The van der Waals surface area contributed by atoms with E-state index in [1.165, 1.54) is 65.4 Å². The Morgan fingerprint density at radius 1 is 0.333 bits per heavy atom. The van der Waals surface area contributed by atoms with Crippen molar-refractivity contribution in [3.63, 3.8) is 0 Å². The lowest BCUT2D eigenvalue weighted by Crippen LogP contribution is -1.99. The SMILES string of the molecule is CCn1c2ccccc2c2cc(C=Cc3nc(C=Cc4ccc5c(c4)c4ccccc4n5CC)nc(C=Cc4ccc5c(c4)c4ccccc4n5CC)n3)ccc21. The molecule has 276 valence electrons. The molecule has 4 aromatic heterocycles. The lowest BCUT2D eigenvalue weighted by molar-refractivity contribution is 0.827. The molecule has 6 heteroatoms. The molecule has 0 atom stereocenters. The van der Waals surface area contributed by atoms with Crippen molar-refractivity contribution in [2.24, 2.45) is 0 Å². The lowest BCUT2D eigenvalue weighted by atomic mass is 10.1. The van der Waals surface area contributed by atoms with Gasteiger partial charge in [0.05, 0.1) is 0 Å². The Bertz CT molecular complexity index is 2900. The summed E-state index contributed by atoms with van der Waals surface area (Å²) in [4.78, 5) is 14.8. The van der Waals surface area contributed by atoms with Crippen molar-refractivity contribution in [3.05, 3.63) is 162 Å². The maximum absolute atomic E-state index is 4.92. The third-order valence-corrected chi connectivity index (χ3v) is 11.3. The zero-order valence-electron chi connectivity index (χ0n) is 32.4. The van der Waals surface area contributed by atoms with E-state index in [1.807, 2.05) is 18.2 Å². The monoisotopic (exact) mass is 738 g/mol. The quantitative estimate of drug-likeness (QED) is 0.148. The molecule has 0 N–H and O–H groups in total. The number of benzene rings is 6. The van der Waals surface area contributed by atoms with Crippen LogP contribution in [0.2, 0.25) is 0 Å². The van der Waals surface area contributed by atoms with Crippen LogP contribution in [-0.4, -0.2) is 28.7 Å². The van der Waals surface area contributed by atoms with Crippen LogP contribution in [0.3, 0.4) is 0 Å². The van der Waals surface area contributed by atoms with E-state index >= 15 is 0 Å². The van der Waals surface area contributed by atoms with Gasteiger partial charge in [-0.2, -0.15) is 0 Å². The van der Waals surface area contributed by atoms with Crippen LogP contribution in [-0.2, 0) is 19.6 Å². The number of rotatable bonds is 9. The maximum Gasteiger partial charge on any atom is 0.156 e. The summed E-state index contributed by atoms with van der Waals surface area (Å²) in [5.41, 5.74) is 10.8. The van der Waals surface area contributed by atoms with Crippen molar-refractivity contribution >= 4 is 102 Å². The van der Waals surface area contributed by atoms with Crippen molar-refractivity contribution in [1.29, 1.82) is 0 Å². The van der Waals surface area contributed by atoms with Gasteiger partial charge in [-0.15, -0.1) is 0 Å². The van der Waals surface area contributed by atoms with E-state index in [2.05, 4.69) is 180 Å². The lowest BCUT2D eigenvalue weighted by Gasteiger charge is -2.04. The molecular formula is C51H42N6. The zero-order valence-corrected chi connectivity index (χ0v) is 32.4. The Morgan fingerprint density at radius 2 is 0.614 bits per heavy atom. The topological polar surface area (TPSA) is 53.5 Å². The fraction of sp³-hybridized carbons (Fsp3) is 0.118. The molecule has 0 unspecified atom stereocenters. The molecule has 0 saturated carbocycles. The highest BCUT2D eigenvalue weighted by Crippen LogP contribution is 2.33. The highest BCUT2D eigenvalue weighted by molar-refractivity contribution is 6.10. The van der Waals surface area contributed by atoms with Crippen molar-refractivity contribution < 1.29 is 0 Å². The van der Waals surface area contributed by atoms with Gasteiger partial charge in [0.25, 0.3) is 0 Å². The summed E-state index contributed by atoms with van der Waals surface area (Å²) in [6.45, 7) is 9.36. The fourth-order valence-electron chi connectivity index (χ4n) is 8.71. The van der Waals surface area contributed by atoms with Gasteiger partial charge in [-0.25, -0.2) is 15.0 Å². The van der Waals surface area contributed by atoms with E-state index in [9.17, 15) is 0 Å². The normalized spacial score (nSPS) is 12.5. The second-order valence-electron chi connectivity index (χ2n) is 14.5. The van der Waals surface area contributed by atoms with E-state index in [4.69, 9.17) is 15.0 Å². The van der Waals surface area contributed by atoms with Crippen LogP contribution < -0.4 is 0 Å². The first-order chi connectivity index (χ1) is 28.1. The first-order valence-corrected chi connectivity index (χ1v) is 19.9. The number of nitrogens with zero attached hydrogens (tertiary/aromatic N) is 6. The predicted octanol–water partition coefficient (Wildman–Crippen LogP) is 12.8. The second-order valence-corrected chi connectivity index (χ2v) is 14.5.